The Kier molecular flexibility index (Phi) is 8.35. The Hall–Kier alpha value is -2.96. The Morgan fingerprint density at radius 1 is 1.00 bits per heavy atom. The smallest absolute Gasteiger partial charge is 0.380 e. The Balaban J connectivity index is 1.35. The van der Waals surface area contributed by atoms with Crippen LogP contribution in [0.25, 0.3) is 0 Å². The molecule has 1 unspecified atom stereocenters. The first-order valence-corrected chi connectivity index (χ1v) is 13.1. The van der Waals surface area contributed by atoms with Crippen LogP contribution in [-0.2, 0) is 10.4 Å². The quantitative estimate of drug-likeness (QED) is 0.474. The number of carbonyl (C=O) groups is 2. The summed E-state index contributed by atoms with van der Waals surface area (Å²) in [5.41, 5.74) is -3.77. The van der Waals surface area contributed by atoms with Crippen molar-refractivity contribution in [3.8, 4) is 0 Å². The van der Waals surface area contributed by atoms with Gasteiger partial charge in [-0.05, 0) is 36.6 Å². The fourth-order valence-corrected chi connectivity index (χ4v) is 5.40. The van der Waals surface area contributed by atoms with E-state index in [0.717, 1.165) is 22.7 Å². The van der Waals surface area contributed by atoms with E-state index in [1.54, 1.807) is 32.3 Å². The van der Waals surface area contributed by atoms with Gasteiger partial charge in [0, 0.05) is 52.0 Å². The topological polar surface area (TPSA) is 76.1 Å². The van der Waals surface area contributed by atoms with Gasteiger partial charge in [-0.2, -0.15) is 22.0 Å². The minimum atomic E-state index is -6.14. The average Bonchev–Trinajstić information content (AvgIpc) is 2.89. The molecule has 2 amide bonds. The average molecular weight is 589 g/mol. The maximum Gasteiger partial charge on any atom is 0.457 e. The van der Waals surface area contributed by atoms with Crippen molar-refractivity contribution in [1.82, 2.24) is 14.7 Å². The zero-order valence-electron chi connectivity index (χ0n) is 21.9. The molecule has 2 aromatic carbocycles. The van der Waals surface area contributed by atoms with Crippen LogP contribution in [0.4, 0.5) is 27.6 Å². The molecule has 13 heteroatoms. The summed E-state index contributed by atoms with van der Waals surface area (Å²) in [6.07, 6.45) is -5.43. The second kappa shape index (κ2) is 11.1. The van der Waals surface area contributed by atoms with Crippen LogP contribution in [0.2, 0.25) is 5.02 Å². The molecule has 218 valence electrons. The fraction of sp³-hybridized carbons (Fsp3) is 0.481. The lowest BCUT2D eigenvalue weighted by Crippen LogP contribution is -2.65. The molecule has 0 bridgehead atoms. The molecule has 0 radical (unpaired) electrons. The molecule has 2 fully saturated rings. The Morgan fingerprint density at radius 2 is 1.60 bits per heavy atom. The van der Waals surface area contributed by atoms with Crippen LogP contribution in [0.5, 0.6) is 0 Å². The van der Waals surface area contributed by atoms with Gasteiger partial charge in [0.05, 0.1) is 16.6 Å². The molecular formula is C27H30ClF5N4O3. The van der Waals surface area contributed by atoms with E-state index in [2.05, 4.69) is 10.2 Å². The van der Waals surface area contributed by atoms with Crippen molar-refractivity contribution in [1.29, 1.82) is 0 Å². The van der Waals surface area contributed by atoms with Crippen molar-refractivity contribution in [2.24, 2.45) is 0 Å². The molecule has 2 N–H and O–H groups in total. The molecule has 0 saturated carbocycles. The van der Waals surface area contributed by atoms with Gasteiger partial charge in [0.2, 0.25) is 5.60 Å². The zero-order valence-corrected chi connectivity index (χ0v) is 22.6. The molecule has 0 aliphatic carbocycles. The van der Waals surface area contributed by atoms with Crippen LogP contribution in [0.3, 0.4) is 0 Å². The molecule has 40 heavy (non-hydrogen) atoms. The summed E-state index contributed by atoms with van der Waals surface area (Å²) < 4.78 is 69.3. The van der Waals surface area contributed by atoms with Crippen molar-refractivity contribution in [3.63, 3.8) is 0 Å². The first kappa shape index (κ1) is 30.0. The molecule has 7 nitrogen and oxygen atoms in total. The number of halogens is 6. The predicted molar refractivity (Wildman–Crippen MR) is 139 cm³/mol. The largest absolute Gasteiger partial charge is 0.457 e. The van der Waals surface area contributed by atoms with E-state index in [4.69, 9.17) is 11.6 Å². The highest BCUT2D eigenvalue weighted by atomic mass is 35.5. The van der Waals surface area contributed by atoms with E-state index in [0.29, 0.717) is 36.5 Å². The summed E-state index contributed by atoms with van der Waals surface area (Å²) in [5.74, 6) is -7.58. The predicted octanol–water partition coefficient (Wildman–Crippen LogP) is 4.21. The molecule has 2 aromatic rings. The zero-order chi connectivity index (χ0) is 29.5. The molecule has 2 aliphatic heterocycles. The maximum atomic E-state index is 14.6. The lowest BCUT2D eigenvalue weighted by Gasteiger charge is -2.48. The number of nitrogens with zero attached hydrogens (tertiary/aromatic N) is 3. The van der Waals surface area contributed by atoms with Crippen LogP contribution in [0.1, 0.15) is 28.8 Å². The van der Waals surface area contributed by atoms with Crippen LogP contribution < -0.4 is 5.32 Å². The Bertz CT molecular complexity index is 1230. The number of benzene rings is 2. The van der Waals surface area contributed by atoms with E-state index >= 15 is 0 Å². The number of hydrogen-bond donors (Lipinski definition) is 2. The number of nitrogens with one attached hydrogen (secondary N) is 1. The van der Waals surface area contributed by atoms with Crippen molar-refractivity contribution >= 4 is 29.1 Å². The number of hydrogen-bond acceptors (Lipinski definition) is 5. The first-order valence-electron chi connectivity index (χ1n) is 12.7. The third-order valence-corrected chi connectivity index (χ3v) is 7.78. The van der Waals surface area contributed by atoms with Gasteiger partial charge >= 0.3 is 12.1 Å². The SMILES string of the molecule is CN(C)C(=O)c1ccc(NC2CN(C3CCN(C(=O)C(O)(c4ccccc4)C(F)(F)C(F)(F)F)CC3)C2)cc1Cl. The molecule has 2 heterocycles. The van der Waals surface area contributed by atoms with Crippen molar-refractivity contribution in [3.05, 3.63) is 64.7 Å². The molecule has 0 spiro atoms. The van der Waals surface area contributed by atoms with Gasteiger partial charge in [0.15, 0.2) is 0 Å². The van der Waals surface area contributed by atoms with E-state index in [-0.39, 0.29) is 31.1 Å². The maximum absolute atomic E-state index is 14.6. The number of carbonyl (C=O) groups excluding carboxylic acids is 2. The van der Waals surface area contributed by atoms with Gasteiger partial charge in [0.1, 0.15) is 0 Å². The lowest BCUT2D eigenvalue weighted by molar-refractivity contribution is -0.339. The van der Waals surface area contributed by atoms with Gasteiger partial charge in [-0.25, -0.2) is 0 Å². The summed E-state index contributed by atoms with van der Waals surface area (Å²) in [6.45, 7) is 1.15. The monoisotopic (exact) mass is 588 g/mol. The Labute approximate surface area is 233 Å². The highest BCUT2D eigenvalue weighted by Crippen LogP contribution is 2.49. The number of amides is 2. The van der Waals surface area contributed by atoms with Gasteiger partial charge in [-0.1, -0.05) is 41.9 Å². The normalized spacial score (nSPS) is 19.1. The van der Waals surface area contributed by atoms with Crippen molar-refractivity contribution in [2.75, 3.05) is 45.6 Å². The molecular weight excluding hydrogens is 559 g/mol. The fourth-order valence-electron chi connectivity index (χ4n) is 5.14. The summed E-state index contributed by atoms with van der Waals surface area (Å²) in [4.78, 5) is 29.7. The molecule has 4 rings (SSSR count). The van der Waals surface area contributed by atoms with Crippen molar-refractivity contribution in [2.45, 2.75) is 42.6 Å². The number of aliphatic hydroxyl groups is 1. The second-order valence-corrected chi connectivity index (χ2v) is 10.8. The number of likely N-dealkylation sites (tertiary alicyclic amines) is 2. The summed E-state index contributed by atoms with van der Waals surface area (Å²) in [5, 5.41) is 14.4. The van der Waals surface area contributed by atoms with E-state index in [9.17, 15) is 36.6 Å². The van der Waals surface area contributed by atoms with Gasteiger partial charge in [0.25, 0.3) is 11.8 Å². The van der Waals surface area contributed by atoms with Crippen LogP contribution in [0, 0.1) is 0 Å². The highest BCUT2D eigenvalue weighted by Gasteiger charge is 2.74. The van der Waals surface area contributed by atoms with Gasteiger partial charge in [-0.15, -0.1) is 0 Å². The van der Waals surface area contributed by atoms with Gasteiger partial charge in [-0.3, -0.25) is 14.5 Å². The van der Waals surface area contributed by atoms with E-state index < -0.39 is 29.2 Å². The van der Waals surface area contributed by atoms with E-state index in [1.165, 1.54) is 23.1 Å². The van der Waals surface area contributed by atoms with E-state index in [1.807, 2.05) is 0 Å². The number of rotatable bonds is 7. The lowest BCUT2D eigenvalue weighted by atomic mass is 9.84. The third-order valence-electron chi connectivity index (χ3n) is 7.47. The summed E-state index contributed by atoms with van der Waals surface area (Å²) in [7, 11) is 3.27. The highest BCUT2D eigenvalue weighted by molar-refractivity contribution is 6.34. The second-order valence-electron chi connectivity index (χ2n) is 10.4. The molecule has 2 saturated heterocycles. The van der Waals surface area contributed by atoms with Crippen LogP contribution in [0.15, 0.2) is 48.5 Å². The minimum absolute atomic E-state index is 0.00118. The van der Waals surface area contributed by atoms with Crippen LogP contribution in [-0.4, -0.2) is 96.1 Å². The first-order chi connectivity index (χ1) is 18.7. The number of piperidine rings is 1. The minimum Gasteiger partial charge on any atom is -0.380 e. The van der Waals surface area contributed by atoms with Crippen molar-refractivity contribution < 1.29 is 36.6 Å². The summed E-state index contributed by atoms with van der Waals surface area (Å²) in [6, 6.07) is 10.7. The van der Waals surface area contributed by atoms with Crippen LogP contribution >= 0.6 is 11.6 Å². The third kappa shape index (κ3) is 5.48. The summed E-state index contributed by atoms with van der Waals surface area (Å²) >= 11 is 6.27. The number of alkyl halides is 5. The number of anilines is 1. The molecule has 0 aromatic heterocycles. The Morgan fingerprint density at radius 3 is 2.12 bits per heavy atom. The molecule has 1 atom stereocenters. The van der Waals surface area contributed by atoms with Gasteiger partial charge < -0.3 is 20.2 Å². The molecule has 2 aliphatic rings. The standard InChI is InChI=1S/C27H30ClF5N4O3/c1-35(2)23(38)21-9-8-18(14-22(21)28)34-19-15-37(16-19)20-10-12-36(13-11-20)24(39)25(40,17-6-4-3-5-7-17)26(29,30)27(31,32)33/h3-9,14,19-20,34,40H,10-13,15-16H2,1-2H3.